The molecule has 3 saturated heterocycles. The third kappa shape index (κ3) is 5.04. The van der Waals surface area contributed by atoms with E-state index in [9.17, 15) is 4.79 Å². The van der Waals surface area contributed by atoms with Gasteiger partial charge in [0.15, 0.2) is 11.5 Å². The van der Waals surface area contributed by atoms with E-state index in [2.05, 4.69) is 21.6 Å². The number of carbonyl (C=O) groups is 1. The van der Waals surface area contributed by atoms with Crippen LogP contribution < -0.4 is 20.1 Å². The van der Waals surface area contributed by atoms with E-state index in [1.54, 1.807) is 14.2 Å². The number of nitrogens with one attached hydrogen (secondary N) is 2. The number of urea groups is 1. The Morgan fingerprint density at radius 1 is 1.06 bits per heavy atom. The normalized spacial score (nSPS) is 22.8. The number of amides is 2. The first-order chi connectivity index (χ1) is 17.6. The molecule has 2 N–H and O–H groups in total. The van der Waals surface area contributed by atoms with Gasteiger partial charge in [-0.3, -0.25) is 9.58 Å². The molecule has 2 bridgehead atoms. The van der Waals surface area contributed by atoms with Gasteiger partial charge in [0.1, 0.15) is 0 Å². The monoisotopic (exact) mass is 489 g/mol. The van der Waals surface area contributed by atoms with E-state index in [0.29, 0.717) is 42.5 Å². The van der Waals surface area contributed by atoms with Crippen molar-refractivity contribution in [1.29, 1.82) is 0 Å². The number of rotatable bonds is 8. The summed E-state index contributed by atoms with van der Waals surface area (Å²) in [5.41, 5.74) is 4.32. The predicted octanol–water partition coefficient (Wildman–Crippen LogP) is 3.78. The molecule has 1 unspecified atom stereocenters. The zero-order valence-electron chi connectivity index (χ0n) is 21.2. The Hall–Kier alpha value is -3.52. The second-order valence-electron chi connectivity index (χ2n) is 9.74. The van der Waals surface area contributed by atoms with Crippen molar-refractivity contribution < 1.29 is 14.3 Å². The number of benzene rings is 2. The van der Waals surface area contributed by atoms with Crippen LogP contribution in [0.25, 0.3) is 11.3 Å². The lowest BCUT2D eigenvalue weighted by atomic mass is 9.74. The molecule has 2 amide bonds. The molecule has 36 heavy (non-hydrogen) atoms. The third-order valence-corrected chi connectivity index (χ3v) is 7.65. The van der Waals surface area contributed by atoms with Crippen molar-refractivity contribution in [2.75, 3.05) is 33.9 Å². The zero-order valence-corrected chi connectivity index (χ0v) is 21.2. The number of fused-ring (bicyclic) bond motifs is 3. The SMILES string of the molecule is COc1ccc(-c2cc([C@@H]3CN4CC[C@H]3C[C@@H]4CNC(=O)NCc3ccccc3)n(C)n2)cc1OC. The van der Waals surface area contributed by atoms with Gasteiger partial charge in [0.25, 0.3) is 0 Å². The van der Waals surface area contributed by atoms with Crippen LogP contribution in [0.4, 0.5) is 4.79 Å². The molecule has 0 radical (unpaired) electrons. The van der Waals surface area contributed by atoms with Crippen LogP contribution in [0, 0.1) is 5.92 Å². The Morgan fingerprint density at radius 2 is 1.86 bits per heavy atom. The van der Waals surface area contributed by atoms with Gasteiger partial charge < -0.3 is 20.1 Å². The second-order valence-corrected chi connectivity index (χ2v) is 9.74. The molecule has 4 atom stereocenters. The molecule has 2 aromatic carbocycles. The number of carbonyl (C=O) groups excluding carboxylic acids is 1. The van der Waals surface area contributed by atoms with Crippen LogP contribution in [0.15, 0.2) is 54.6 Å². The van der Waals surface area contributed by atoms with E-state index in [-0.39, 0.29) is 6.03 Å². The first-order valence-electron chi connectivity index (χ1n) is 12.6. The average molecular weight is 490 g/mol. The Labute approximate surface area is 212 Å². The van der Waals surface area contributed by atoms with Crippen LogP contribution in [-0.4, -0.2) is 60.6 Å². The molecule has 0 saturated carbocycles. The van der Waals surface area contributed by atoms with E-state index in [1.165, 1.54) is 12.1 Å². The molecule has 190 valence electrons. The number of hydrogen-bond acceptors (Lipinski definition) is 5. The topological polar surface area (TPSA) is 80.7 Å². The van der Waals surface area contributed by atoms with Gasteiger partial charge in [-0.15, -0.1) is 0 Å². The summed E-state index contributed by atoms with van der Waals surface area (Å²) >= 11 is 0. The number of aryl methyl sites for hydroxylation is 1. The number of hydrogen-bond donors (Lipinski definition) is 2. The Kier molecular flexibility index (Phi) is 7.13. The molecule has 6 rings (SSSR count). The largest absolute Gasteiger partial charge is 0.493 e. The van der Waals surface area contributed by atoms with E-state index >= 15 is 0 Å². The standard InChI is InChI=1S/C28H35N5O3/c1-32-25(15-24(31-32)21-9-10-26(35-2)27(14-21)36-3)23-18-33-12-11-20(23)13-22(33)17-30-28(34)29-16-19-7-5-4-6-8-19/h4-10,14-15,20,22-23H,11-13,16-18H2,1-3H3,(H2,29,30,34)/t20-,22+,23+/m0/s1. The molecule has 3 aromatic rings. The summed E-state index contributed by atoms with van der Waals surface area (Å²) in [6.45, 7) is 3.29. The van der Waals surface area contributed by atoms with Crippen molar-refractivity contribution >= 4 is 6.03 Å². The lowest BCUT2D eigenvalue weighted by Crippen LogP contribution is -2.56. The highest BCUT2D eigenvalue weighted by Gasteiger charge is 2.41. The van der Waals surface area contributed by atoms with Gasteiger partial charge in [-0.05, 0) is 55.1 Å². The molecule has 1 aromatic heterocycles. The minimum Gasteiger partial charge on any atom is -0.493 e. The Morgan fingerprint density at radius 3 is 2.58 bits per heavy atom. The number of ether oxygens (including phenoxy) is 2. The molecule has 0 aliphatic carbocycles. The first kappa shape index (κ1) is 24.2. The summed E-state index contributed by atoms with van der Waals surface area (Å²) in [5.74, 6) is 2.44. The van der Waals surface area contributed by atoms with Gasteiger partial charge in [-0.2, -0.15) is 5.10 Å². The van der Waals surface area contributed by atoms with Crippen LogP contribution in [-0.2, 0) is 13.6 Å². The smallest absolute Gasteiger partial charge is 0.315 e. The lowest BCUT2D eigenvalue weighted by molar-refractivity contribution is 0.0294. The van der Waals surface area contributed by atoms with Crippen molar-refractivity contribution in [1.82, 2.24) is 25.3 Å². The number of piperidine rings is 3. The van der Waals surface area contributed by atoms with Crippen molar-refractivity contribution in [3.63, 3.8) is 0 Å². The minimum absolute atomic E-state index is 0.107. The van der Waals surface area contributed by atoms with Crippen molar-refractivity contribution in [3.05, 3.63) is 65.9 Å². The molecule has 0 spiro atoms. The molecule has 3 aliphatic heterocycles. The number of methoxy groups -OCH3 is 2. The van der Waals surface area contributed by atoms with E-state index in [0.717, 1.165) is 36.3 Å². The van der Waals surface area contributed by atoms with Gasteiger partial charge in [-0.25, -0.2) is 4.79 Å². The maximum Gasteiger partial charge on any atom is 0.315 e. The van der Waals surface area contributed by atoms with Crippen LogP contribution >= 0.6 is 0 Å². The summed E-state index contributed by atoms with van der Waals surface area (Å²) in [6, 6.07) is 18.4. The Bertz CT molecular complexity index is 1200. The number of aromatic nitrogens is 2. The van der Waals surface area contributed by atoms with Gasteiger partial charge >= 0.3 is 6.03 Å². The van der Waals surface area contributed by atoms with Gasteiger partial charge in [0.2, 0.25) is 0 Å². The van der Waals surface area contributed by atoms with Gasteiger partial charge in [-0.1, -0.05) is 30.3 Å². The maximum absolute atomic E-state index is 12.4. The summed E-state index contributed by atoms with van der Waals surface area (Å²) in [5, 5.41) is 10.9. The average Bonchev–Trinajstić information content (AvgIpc) is 3.32. The minimum atomic E-state index is -0.107. The summed E-state index contributed by atoms with van der Waals surface area (Å²) in [4.78, 5) is 14.9. The van der Waals surface area contributed by atoms with Crippen LogP contribution in [0.1, 0.15) is 30.0 Å². The van der Waals surface area contributed by atoms with Crippen molar-refractivity contribution in [2.24, 2.45) is 13.0 Å². The molecular formula is C28H35N5O3. The van der Waals surface area contributed by atoms with Gasteiger partial charge in [0.05, 0.1) is 19.9 Å². The zero-order chi connectivity index (χ0) is 25.1. The van der Waals surface area contributed by atoms with E-state index in [1.807, 2.05) is 60.3 Å². The van der Waals surface area contributed by atoms with E-state index < -0.39 is 0 Å². The maximum atomic E-state index is 12.4. The highest BCUT2D eigenvalue weighted by Crippen LogP contribution is 2.42. The summed E-state index contributed by atoms with van der Waals surface area (Å²) in [6.07, 6.45) is 2.26. The molecule has 4 heterocycles. The lowest BCUT2D eigenvalue weighted by Gasteiger charge is -2.49. The number of nitrogens with zero attached hydrogens (tertiary/aromatic N) is 3. The first-order valence-corrected chi connectivity index (χ1v) is 12.6. The summed E-state index contributed by atoms with van der Waals surface area (Å²) < 4.78 is 12.9. The summed E-state index contributed by atoms with van der Waals surface area (Å²) in [7, 11) is 5.33. The van der Waals surface area contributed by atoms with Gasteiger partial charge in [0, 0.05) is 49.9 Å². The highest BCUT2D eigenvalue weighted by molar-refractivity contribution is 5.73. The van der Waals surface area contributed by atoms with Crippen molar-refractivity contribution in [3.8, 4) is 22.8 Å². The predicted molar refractivity (Wildman–Crippen MR) is 139 cm³/mol. The molecule has 3 aliphatic rings. The van der Waals surface area contributed by atoms with Crippen molar-refractivity contribution in [2.45, 2.75) is 31.3 Å². The fraction of sp³-hybridized carbons (Fsp3) is 0.429. The van der Waals surface area contributed by atoms with E-state index in [4.69, 9.17) is 14.6 Å². The molecule has 8 heteroatoms. The fourth-order valence-corrected chi connectivity index (χ4v) is 5.70. The second kappa shape index (κ2) is 10.6. The Balaban J connectivity index is 1.20. The quantitative estimate of drug-likeness (QED) is 0.503. The fourth-order valence-electron chi connectivity index (χ4n) is 5.70. The molecule has 3 fully saturated rings. The van der Waals surface area contributed by atoms with Crippen LogP contribution in [0.3, 0.4) is 0 Å². The van der Waals surface area contributed by atoms with Crippen LogP contribution in [0.2, 0.25) is 0 Å². The third-order valence-electron chi connectivity index (χ3n) is 7.65. The molecule has 8 nitrogen and oxygen atoms in total. The molecular weight excluding hydrogens is 454 g/mol. The highest BCUT2D eigenvalue weighted by atomic mass is 16.5. The van der Waals surface area contributed by atoms with Crippen LogP contribution in [0.5, 0.6) is 11.5 Å².